The molecule has 2 aromatic rings. The van der Waals surface area contributed by atoms with Crippen LogP contribution >= 0.6 is 0 Å². The first-order valence-corrected chi connectivity index (χ1v) is 12.3. The molecule has 1 aromatic heterocycles. The molecular weight excluding hydrogens is 430 g/mol. The van der Waals surface area contributed by atoms with Crippen molar-refractivity contribution in [3.05, 3.63) is 36.0 Å². The number of rotatable bonds is 6. The molecule has 182 valence electrons. The number of hydrogen-bond acceptors (Lipinski definition) is 5. The summed E-state index contributed by atoms with van der Waals surface area (Å²) in [5.41, 5.74) is 6.89. The number of likely N-dealkylation sites (N-methyl/N-ethyl adjacent to an activating group) is 1. The maximum Gasteiger partial charge on any atom is 0.246 e. The topological polar surface area (TPSA) is 109 Å². The monoisotopic (exact) mass is 465 g/mol. The summed E-state index contributed by atoms with van der Waals surface area (Å²) in [4.78, 5) is 46.4. The minimum Gasteiger partial charge on any atom is -0.383 e. The van der Waals surface area contributed by atoms with Gasteiger partial charge < -0.3 is 20.9 Å². The Kier molecular flexibility index (Phi) is 7.34. The molecule has 0 radical (unpaired) electrons. The van der Waals surface area contributed by atoms with Gasteiger partial charge in [-0.25, -0.2) is 4.98 Å². The van der Waals surface area contributed by atoms with E-state index in [0.29, 0.717) is 25.3 Å². The van der Waals surface area contributed by atoms with Gasteiger partial charge >= 0.3 is 0 Å². The van der Waals surface area contributed by atoms with Crippen molar-refractivity contribution in [2.45, 2.75) is 70.5 Å². The number of pyridine rings is 1. The number of amides is 3. The van der Waals surface area contributed by atoms with Crippen LogP contribution < -0.4 is 11.1 Å². The first-order valence-electron chi connectivity index (χ1n) is 12.3. The molecule has 4 rings (SSSR count). The molecule has 1 aromatic carbocycles. The Morgan fingerprint density at radius 3 is 2.65 bits per heavy atom. The van der Waals surface area contributed by atoms with Crippen LogP contribution in [0.1, 0.15) is 57.4 Å². The van der Waals surface area contributed by atoms with Crippen molar-refractivity contribution in [1.82, 2.24) is 20.1 Å². The minimum absolute atomic E-state index is 0.0871. The number of fused-ring (bicyclic) bond motifs is 1. The number of hydrogen-bond donors (Lipinski definition) is 2. The zero-order valence-electron chi connectivity index (χ0n) is 20.1. The third kappa shape index (κ3) is 5.00. The second kappa shape index (κ2) is 10.4. The molecule has 34 heavy (non-hydrogen) atoms. The van der Waals surface area contributed by atoms with E-state index in [2.05, 4.69) is 10.3 Å². The molecule has 1 saturated heterocycles. The number of nitrogens with one attached hydrogen (secondary N) is 1. The van der Waals surface area contributed by atoms with Crippen LogP contribution in [-0.2, 0) is 20.9 Å². The lowest BCUT2D eigenvalue weighted by molar-refractivity contribution is -0.149. The fourth-order valence-electron chi connectivity index (χ4n) is 5.47. The van der Waals surface area contributed by atoms with Crippen LogP contribution in [-0.4, -0.2) is 58.2 Å². The summed E-state index contributed by atoms with van der Waals surface area (Å²) in [6, 6.07) is 6.73. The number of carbonyl (C=O) groups is 3. The van der Waals surface area contributed by atoms with Crippen LogP contribution in [0.15, 0.2) is 30.5 Å². The van der Waals surface area contributed by atoms with Crippen molar-refractivity contribution in [2.24, 2.45) is 5.92 Å². The highest BCUT2D eigenvalue weighted by molar-refractivity contribution is 5.93. The van der Waals surface area contributed by atoms with E-state index in [4.69, 9.17) is 5.73 Å². The van der Waals surface area contributed by atoms with Crippen molar-refractivity contribution < 1.29 is 14.4 Å². The molecule has 8 heteroatoms. The van der Waals surface area contributed by atoms with E-state index >= 15 is 0 Å². The van der Waals surface area contributed by atoms with Gasteiger partial charge in [0.1, 0.15) is 17.9 Å². The highest BCUT2D eigenvalue weighted by atomic mass is 16.2. The molecule has 3 N–H and O–H groups in total. The third-order valence-corrected chi connectivity index (χ3v) is 7.43. The lowest BCUT2D eigenvalue weighted by atomic mass is 9.82. The Morgan fingerprint density at radius 1 is 1.15 bits per heavy atom. The molecule has 2 fully saturated rings. The predicted molar refractivity (Wildman–Crippen MR) is 132 cm³/mol. The van der Waals surface area contributed by atoms with E-state index < -0.39 is 12.1 Å². The average molecular weight is 466 g/mol. The lowest BCUT2D eigenvalue weighted by Gasteiger charge is -2.38. The minimum atomic E-state index is -0.501. The summed E-state index contributed by atoms with van der Waals surface area (Å²) in [5.74, 6) is 0.287. The van der Waals surface area contributed by atoms with Crippen molar-refractivity contribution >= 4 is 34.3 Å². The van der Waals surface area contributed by atoms with E-state index in [1.54, 1.807) is 23.0 Å². The second-order valence-electron chi connectivity index (χ2n) is 9.63. The summed E-state index contributed by atoms with van der Waals surface area (Å²) in [6.45, 7) is 2.42. The quantitative estimate of drug-likeness (QED) is 0.682. The molecule has 2 heterocycles. The van der Waals surface area contributed by atoms with Gasteiger partial charge in [-0.05, 0) is 54.7 Å². The number of likely N-dealkylation sites (tertiary alicyclic amines) is 1. The van der Waals surface area contributed by atoms with Gasteiger partial charge in [-0.15, -0.1) is 0 Å². The predicted octanol–water partition coefficient (Wildman–Crippen LogP) is 2.85. The first-order chi connectivity index (χ1) is 16.4. The number of nitrogens with zero attached hydrogens (tertiary/aromatic N) is 3. The Bertz CT molecular complexity index is 1070. The van der Waals surface area contributed by atoms with Crippen LogP contribution in [0.3, 0.4) is 0 Å². The Hall–Kier alpha value is -3.16. The fraction of sp³-hybridized carbons (Fsp3) is 0.538. The maximum absolute atomic E-state index is 13.7. The number of nitrogens with two attached hydrogens (primary N) is 1. The van der Waals surface area contributed by atoms with E-state index in [9.17, 15) is 14.4 Å². The largest absolute Gasteiger partial charge is 0.383 e. The molecule has 0 spiro atoms. The van der Waals surface area contributed by atoms with Gasteiger partial charge in [0.2, 0.25) is 17.7 Å². The molecule has 2 atom stereocenters. The molecule has 1 unspecified atom stereocenters. The lowest BCUT2D eigenvalue weighted by Crippen LogP contribution is -2.56. The highest BCUT2D eigenvalue weighted by Gasteiger charge is 2.42. The van der Waals surface area contributed by atoms with E-state index in [-0.39, 0.29) is 23.6 Å². The van der Waals surface area contributed by atoms with Gasteiger partial charge in [-0.2, -0.15) is 0 Å². The van der Waals surface area contributed by atoms with Crippen LogP contribution in [0, 0.1) is 5.92 Å². The zero-order valence-corrected chi connectivity index (χ0v) is 20.1. The van der Waals surface area contributed by atoms with Crippen molar-refractivity contribution in [2.75, 3.05) is 19.3 Å². The molecule has 2 aliphatic rings. The average Bonchev–Trinajstić information content (AvgIpc) is 3.33. The van der Waals surface area contributed by atoms with Gasteiger partial charge in [0, 0.05) is 38.6 Å². The molecular formula is C26H35N5O3. The van der Waals surface area contributed by atoms with Crippen molar-refractivity contribution in [1.29, 1.82) is 0 Å². The van der Waals surface area contributed by atoms with E-state index in [1.807, 2.05) is 24.3 Å². The number of benzene rings is 1. The van der Waals surface area contributed by atoms with E-state index in [0.717, 1.165) is 48.4 Å². The second-order valence-corrected chi connectivity index (χ2v) is 9.63. The fourth-order valence-corrected chi connectivity index (χ4v) is 5.47. The molecule has 1 saturated carbocycles. The van der Waals surface area contributed by atoms with Crippen LogP contribution in [0.5, 0.6) is 0 Å². The molecule has 8 nitrogen and oxygen atoms in total. The van der Waals surface area contributed by atoms with Gasteiger partial charge in [0.05, 0.1) is 0 Å². The van der Waals surface area contributed by atoms with E-state index in [1.165, 1.54) is 13.3 Å². The highest BCUT2D eigenvalue weighted by Crippen LogP contribution is 2.31. The summed E-state index contributed by atoms with van der Waals surface area (Å²) < 4.78 is 0. The number of carbonyl (C=O) groups excluding carboxylic acids is 3. The van der Waals surface area contributed by atoms with Crippen molar-refractivity contribution in [3.8, 4) is 0 Å². The van der Waals surface area contributed by atoms with Gasteiger partial charge in [-0.3, -0.25) is 14.4 Å². The third-order valence-electron chi connectivity index (χ3n) is 7.43. The summed E-state index contributed by atoms with van der Waals surface area (Å²) in [5, 5.41) is 4.87. The van der Waals surface area contributed by atoms with Crippen LogP contribution in [0.4, 0.5) is 5.82 Å². The van der Waals surface area contributed by atoms with Crippen molar-refractivity contribution in [3.63, 3.8) is 0 Å². The molecule has 1 aliphatic carbocycles. The zero-order chi connectivity index (χ0) is 24.2. The Balaban J connectivity index is 1.45. The smallest absolute Gasteiger partial charge is 0.246 e. The van der Waals surface area contributed by atoms with Gasteiger partial charge in [-0.1, -0.05) is 31.4 Å². The summed E-state index contributed by atoms with van der Waals surface area (Å²) in [7, 11) is 1.71. The summed E-state index contributed by atoms with van der Waals surface area (Å²) in [6.07, 6.45) is 8.32. The van der Waals surface area contributed by atoms with Gasteiger partial charge in [0.15, 0.2) is 0 Å². The number of aromatic nitrogens is 1. The summed E-state index contributed by atoms with van der Waals surface area (Å²) >= 11 is 0. The normalized spacial score (nSPS) is 19.7. The molecule has 3 amide bonds. The Labute approximate surface area is 200 Å². The number of anilines is 1. The van der Waals surface area contributed by atoms with Crippen LogP contribution in [0.25, 0.3) is 10.8 Å². The SMILES string of the molecule is CC(=O)N(C)C(C(=O)N1CCC[C@H]1C(=O)NCc1ccc2c(N)nccc2c1)C1CCCCC1. The maximum atomic E-state index is 13.7. The molecule has 0 bridgehead atoms. The van der Waals surface area contributed by atoms with Gasteiger partial charge in [0.25, 0.3) is 0 Å². The van der Waals surface area contributed by atoms with Crippen LogP contribution in [0.2, 0.25) is 0 Å². The number of nitrogen functional groups attached to an aromatic ring is 1. The molecule has 1 aliphatic heterocycles. The Morgan fingerprint density at radius 2 is 1.91 bits per heavy atom. The first kappa shape index (κ1) is 24.0. The standard InChI is InChI=1S/C26H35N5O3/c1-17(32)30(2)23(19-7-4-3-5-8-19)26(34)31-14-6-9-22(31)25(33)29-16-18-10-11-21-20(15-18)12-13-28-24(21)27/h10-13,15,19,22-23H,3-9,14,16H2,1-2H3,(H2,27,28)(H,29,33)/t22-,23?/m0/s1.